The van der Waals surface area contributed by atoms with E-state index in [9.17, 15) is 23.8 Å². The minimum Gasteiger partial charge on any atom is -0.503 e. The van der Waals surface area contributed by atoms with Crippen LogP contribution in [0.2, 0.25) is 0 Å². The largest absolute Gasteiger partial charge is 0.503 e. The molecule has 0 amide bonds. The Morgan fingerprint density at radius 3 is 2.64 bits per heavy atom. The SMILES string of the molecule is C/C=C1\C(=C/F)C(CO)OC1n1cc(O)c(N)nc1=O.CF. The number of alkyl halides is 1. The summed E-state index contributed by atoms with van der Waals surface area (Å²) in [6.45, 7) is 1.21. The number of hydrogen-bond acceptors (Lipinski definition) is 6. The van der Waals surface area contributed by atoms with E-state index in [2.05, 4.69) is 4.98 Å². The molecule has 2 unspecified atom stereocenters. The third kappa shape index (κ3) is 3.15. The van der Waals surface area contributed by atoms with Gasteiger partial charge >= 0.3 is 5.69 Å². The number of halogens is 2. The van der Waals surface area contributed by atoms with Gasteiger partial charge in [-0.15, -0.1) is 0 Å². The zero-order valence-corrected chi connectivity index (χ0v) is 12.0. The Kier molecular flexibility index (Phi) is 6.20. The van der Waals surface area contributed by atoms with E-state index in [0.717, 1.165) is 10.8 Å². The zero-order valence-electron chi connectivity index (χ0n) is 12.0. The second-order valence-corrected chi connectivity index (χ2v) is 4.17. The first-order valence-corrected chi connectivity index (χ1v) is 6.22. The number of nitrogens with zero attached hydrogens (tertiary/aromatic N) is 2. The summed E-state index contributed by atoms with van der Waals surface area (Å²) in [4.78, 5) is 15.2. The van der Waals surface area contributed by atoms with Gasteiger partial charge in [0.15, 0.2) is 17.8 Å². The highest BCUT2D eigenvalue weighted by Gasteiger charge is 2.36. The minimum absolute atomic E-state index is 0.142. The molecular weight excluding hydrogens is 300 g/mol. The van der Waals surface area contributed by atoms with Crippen LogP contribution in [0.1, 0.15) is 13.2 Å². The average molecular weight is 317 g/mol. The standard InChI is InChI=1S/C12H14FN3O4.CH3F/c1-2-6-7(3-13)9(5-17)20-11(6)16-4-8(18)10(14)15-12(16)19;1-2/h2-4,9,11,17-18H,5H2,1H3,(H2,14,15,19);1H3/b6-2+,7-3+;. The molecule has 4 N–H and O–H groups in total. The molecule has 7 nitrogen and oxygen atoms in total. The van der Waals surface area contributed by atoms with Gasteiger partial charge in [0, 0.05) is 11.1 Å². The summed E-state index contributed by atoms with van der Waals surface area (Å²) in [6.07, 6.45) is 1.08. The van der Waals surface area contributed by atoms with E-state index >= 15 is 0 Å². The Morgan fingerprint density at radius 2 is 2.14 bits per heavy atom. The lowest BCUT2D eigenvalue weighted by molar-refractivity contribution is -0.00859. The molecule has 2 atom stereocenters. The summed E-state index contributed by atoms with van der Waals surface area (Å²) in [7, 11) is 0.500. The molecule has 1 fully saturated rings. The molecule has 1 aromatic heterocycles. The van der Waals surface area contributed by atoms with Gasteiger partial charge in [-0.1, -0.05) is 6.08 Å². The van der Waals surface area contributed by atoms with Crippen LogP contribution < -0.4 is 11.4 Å². The van der Waals surface area contributed by atoms with Crippen LogP contribution >= 0.6 is 0 Å². The molecule has 9 heteroatoms. The van der Waals surface area contributed by atoms with Crippen LogP contribution in [0.4, 0.5) is 14.6 Å². The van der Waals surface area contributed by atoms with Crippen LogP contribution in [0, 0.1) is 0 Å². The molecule has 0 radical (unpaired) electrons. The molecule has 1 aliphatic rings. The van der Waals surface area contributed by atoms with E-state index in [1.165, 1.54) is 0 Å². The number of aliphatic hydroxyl groups excluding tert-OH is 1. The fourth-order valence-corrected chi connectivity index (χ4v) is 2.07. The smallest absolute Gasteiger partial charge is 0.352 e. The molecule has 0 saturated carbocycles. The zero-order chi connectivity index (χ0) is 16.9. The number of hydrogen-bond donors (Lipinski definition) is 3. The van der Waals surface area contributed by atoms with E-state index < -0.39 is 24.6 Å². The number of nitrogen functional groups attached to an aromatic ring is 1. The Bertz CT molecular complexity index is 643. The van der Waals surface area contributed by atoms with Crippen molar-refractivity contribution < 1.29 is 23.7 Å². The first kappa shape index (κ1) is 17.8. The predicted molar refractivity (Wildman–Crippen MR) is 75.5 cm³/mol. The molecule has 0 aromatic carbocycles. The van der Waals surface area contributed by atoms with Gasteiger partial charge in [-0.3, -0.25) is 8.96 Å². The monoisotopic (exact) mass is 317 g/mol. The lowest BCUT2D eigenvalue weighted by Crippen LogP contribution is -2.28. The number of anilines is 1. The van der Waals surface area contributed by atoms with E-state index in [4.69, 9.17) is 10.5 Å². The Morgan fingerprint density at radius 1 is 1.50 bits per heavy atom. The van der Waals surface area contributed by atoms with Crippen molar-refractivity contribution in [3.05, 3.63) is 40.2 Å². The van der Waals surface area contributed by atoms with E-state index in [1.807, 2.05) is 0 Å². The summed E-state index contributed by atoms with van der Waals surface area (Å²) in [5.41, 5.74) is 5.09. The Labute approximate surface area is 125 Å². The summed E-state index contributed by atoms with van der Waals surface area (Å²) in [6, 6.07) is 0. The van der Waals surface area contributed by atoms with Crippen molar-refractivity contribution in [1.29, 1.82) is 0 Å². The maximum atomic E-state index is 12.9. The number of aromatic hydroxyl groups is 1. The van der Waals surface area contributed by atoms with Crippen molar-refractivity contribution in [3.63, 3.8) is 0 Å². The Balaban J connectivity index is 0.00000116. The molecular formula is C13H17F2N3O4. The quantitative estimate of drug-likeness (QED) is 0.744. The third-order valence-corrected chi connectivity index (χ3v) is 3.05. The van der Waals surface area contributed by atoms with Crippen molar-refractivity contribution in [3.8, 4) is 5.75 Å². The van der Waals surface area contributed by atoms with Crippen LogP contribution in [-0.2, 0) is 4.74 Å². The van der Waals surface area contributed by atoms with E-state index in [0.29, 0.717) is 19.1 Å². The van der Waals surface area contributed by atoms with Crippen LogP contribution in [0.15, 0.2) is 34.5 Å². The van der Waals surface area contributed by atoms with Crippen LogP contribution in [0.25, 0.3) is 0 Å². The maximum absolute atomic E-state index is 12.9. The molecule has 0 aliphatic carbocycles. The normalized spacial score (nSPS) is 24.4. The van der Waals surface area contributed by atoms with Crippen molar-refractivity contribution in [2.75, 3.05) is 19.5 Å². The summed E-state index contributed by atoms with van der Waals surface area (Å²) in [5, 5.41) is 18.7. The summed E-state index contributed by atoms with van der Waals surface area (Å²) >= 11 is 0. The van der Waals surface area contributed by atoms with Crippen molar-refractivity contribution in [2.45, 2.75) is 19.3 Å². The van der Waals surface area contributed by atoms with Gasteiger partial charge in [-0.05, 0) is 6.92 Å². The highest BCUT2D eigenvalue weighted by atomic mass is 19.1. The van der Waals surface area contributed by atoms with Gasteiger partial charge in [0.25, 0.3) is 0 Å². The van der Waals surface area contributed by atoms with Crippen molar-refractivity contribution in [1.82, 2.24) is 9.55 Å². The molecule has 1 saturated heterocycles. The molecule has 22 heavy (non-hydrogen) atoms. The van der Waals surface area contributed by atoms with Crippen molar-refractivity contribution >= 4 is 5.82 Å². The molecule has 0 spiro atoms. The van der Waals surface area contributed by atoms with Crippen LogP contribution in [0.5, 0.6) is 5.75 Å². The predicted octanol–water partition coefficient (Wildman–Crippen LogP) is 0.806. The number of aromatic nitrogens is 2. The van der Waals surface area contributed by atoms with Crippen LogP contribution in [-0.4, -0.2) is 39.7 Å². The van der Waals surface area contributed by atoms with Gasteiger partial charge in [0.1, 0.15) is 6.10 Å². The topological polar surface area (TPSA) is 111 Å². The lowest BCUT2D eigenvalue weighted by atomic mass is 10.0. The molecule has 1 aromatic rings. The fraction of sp³-hybridized carbons (Fsp3) is 0.385. The van der Waals surface area contributed by atoms with Gasteiger partial charge in [-0.2, -0.15) is 4.98 Å². The molecule has 122 valence electrons. The summed E-state index contributed by atoms with van der Waals surface area (Å²) in [5.74, 6) is -0.687. The van der Waals surface area contributed by atoms with Gasteiger partial charge in [0.2, 0.25) is 0 Å². The second kappa shape index (κ2) is 7.66. The maximum Gasteiger partial charge on any atom is 0.352 e. The second-order valence-electron chi connectivity index (χ2n) is 4.17. The molecule has 0 bridgehead atoms. The van der Waals surface area contributed by atoms with Gasteiger partial charge in [0.05, 0.1) is 26.3 Å². The number of ether oxygens (including phenoxy) is 1. The number of aliphatic hydroxyl groups is 1. The number of nitrogens with two attached hydrogens (primary N) is 1. The lowest BCUT2D eigenvalue weighted by Gasteiger charge is -2.15. The van der Waals surface area contributed by atoms with Gasteiger partial charge in [-0.25, -0.2) is 9.18 Å². The summed E-state index contributed by atoms with van der Waals surface area (Å²) < 4.78 is 28.8. The highest BCUT2D eigenvalue weighted by molar-refractivity contribution is 5.43. The highest BCUT2D eigenvalue weighted by Crippen LogP contribution is 2.38. The first-order chi connectivity index (χ1) is 10.5. The van der Waals surface area contributed by atoms with Crippen molar-refractivity contribution in [2.24, 2.45) is 0 Å². The minimum atomic E-state index is -0.981. The van der Waals surface area contributed by atoms with Crippen LogP contribution in [0.3, 0.4) is 0 Å². The Hall–Kier alpha value is -2.26. The third-order valence-electron chi connectivity index (χ3n) is 3.05. The number of allylic oxidation sites excluding steroid dienone is 1. The molecule has 2 heterocycles. The van der Waals surface area contributed by atoms with Gasteiger partial charge < -0.3 is 20.7 Å². The molecule has 1 aliphatic heterocycles. The number of rotatable bonds is 2. The molecule has 2 rings (SSSR count). The van der Waals surface area contributed by atoms with E-state index in [1.54, 1.807) is 13.0 Å². The fourth-order valence-electron chi connectivity index (χ4n) is 2.07. The first-order valence-electron chi connectivity index (χ1n) is 6.22. The average Bonchev–Trinajstić information content (AvgIpc) is 2.90. The van der Waals surface area contributed by atoms with E-state index in [-0.39, 0.29) is 17.1 Å².